The summed E-state index contributed by atoms with van der Waals surface area (Å²) < 4.78 is 32.8. The summed E-state index contributed by atoms with van der Waals surface area (Å²) in [6.45, 7) is 1.15. The van der Waals surface area contributed by atoms with Crippen LogP contribution in [0, 0.1) is 5.92 Å². The average Bonchev–Trinajstić information content (AvgIpc) is 3.13. The minimum absolute atomic E-state index is 0.110. The molecule has 2 N–H and O–H groups in total. The molecule has 3 rings (SSSR count). The van der Waals surface area contributed by atoms with Crippen molar-refractivity contribution in [2.45, 2.75) is 17.1 Å². The fourth-order valence-corrected chi connectivity index (χ4v) is 4.56. The molecule has 1 aromatic carbocycles. The van der Waals surface area contributed by atoms with E-state index in [0.717, 1.165) is 11.3 Å². The number of para-hydroxylation sites is 2. The molecule has 0 aliphatic carbocycles. The van der Waals surface area contributed by atoms with Gasteiger partial charge in [0.15, 0.2) is 0 Å². The molecule has 0 unspecified atom stereocenters. The molecule has 128 valence electrons. The van der Waals surface area contributed by atoms with E-state index in [0.29, 0.717) is 37.4 Å². The maximum atomic E-state index is 12.4. The Balaban J connectivity index is 1.77. The molecular weight excluding hydrogens is 348 g/mol. The third-order valence-corrected chi connectivity index (χ3v) is 6.54. The normalized spacial score (nSPS) is 15.8. The predicted octanol–water partition coefficient (Wildman–Crippen LogP) is 2.91. The first-order chi connectivity index (χ1) is 11.6. The van der Waals surface area contributed by atoms with Crippen LogP contribution in [0.25, 0.3) is 0 Å². The molecule has 0 spiro atoms. The highest BCUT2D eigenvalue weighted by atomic mass is 32.2. The lowest BCUT2D eigenvalue weighted by Crippen LogP contribution is -2.29. The summed E-state index contributed by atoms with van der Waals surface area (Å²) in [7, 11) is -3.66. The summed E-state index contributed by atoms with van der Waals surface area (Å²) in [6, 6.07) is 10.0. The first kappa shape index (κ1) is 16.9. The molecule has 6 nitrogen and oxygen atoms in total. The fourth-order valence-electron chi connectivity index (χ4n) is 2.49. The van der Waals surface area contributed by atoms with Crippen LogP contribution in [-0.4, -0.2) is 27.5 Å². The third kappa shape index (κ3) is 3.95. The van der Waals surface area contributed by atoms with E-state index in [2.05, 4.69) is 10.0 Å². The second-order valence-corrected chi connectivity index (χ2v) is 8.32. The van der Waals surface area contributed by atoms with Crippen molar-refractivity contribution in [1.82, 2.24) is 0 Å². The maximum absolute atomic E-state index is 12.4. The molecule has 2 heterocycles. The van der Waals surface area contributed by atoms with Crippen molar-refractivity contribution in [1.29, 1.82) is 0 Å². The number of thiophene rings is 1. The van der Waals surface area contributed by atoms with Crippen molar-refractivity contribution in [2.75, 3.05) is 23.3 Å². The molecule has 1 amide bonds. The van der Waals surface area contributed by atoms with Crippen LogP contribution in [0.3, 0.4) is 0 Å². The van der Waals surface area contributed by atoms with E-state index in [4.69, 9.17) is 4.74 Å². The third-order valence-electron chi connectivity index (χ3n) is 3.78. The standard InChI is InChI=1S/C16H18N2O4S2/c19-16(12-7-9-22-10-8-12)17-13-4-1-2-5-14(13)18-24(20,21)15-6-3-11-23-15/h1-6,11-12,18H,7-10H2,(H,17,19). The number of hydrogen-bond donors (Lipinski definition) is 2. The second-order valence-electron chi connectivity index (χ2n) is 5.46. The second kappa shape index (κ2) is 7.33. The van der Waals surface area contributed by atoms with Crippen molar-refractivity contribution < 1.29 is 17.9 Å². The van der Waals surface area contributed by atoms with Gasteiger partial charge >= 0.3 is 0 Å². The van der Waals surface area contributed by atoms with Gasteiger partial charge in [0.2, 0.25) is 5.91 Å². The lowest BCUT2D eigenvalue weighted by molar-refractivity contribution is -0.122. The van der Waals surface area contributed by atoms with Gasteiger partial charge in [-0.2, -0.15) is 0 Å². The molecule has 1 aliphatic heterocycles. The number of rotatable bonds is 5. The Bertz CT molecular complexity index is 797. The van der Waals surface area contributed by atoms with Crippen LogP contribution >= 0.6 is 11.3 Å². The van der Waals surface area contributed by atoms with Gasteiger partial charge in [-0.25, -0.2) is 8.42 Å². The van der Waals surface area contributed by atoms with Crippen molar-refractivity contribution in [3.05, 3.63) is 41.8 Å². The Labute approximate surface area is 144 Å². The van der Waals surface area contributed by atoms with Gasteiger partial charge < -0.3 is 10.1 Å². The fraction of sp³-hybridized carbons (Fsp3) is 0.312. The molecule has 0 saturated carbocycles. The molecule has 8 heteroatoms. The largest absolute Gasteiger partial charge is 0.381 e. The van der Waals surface area contributed by atoms with E-state index in [1.165, 1.54) is 6.07 Å². The number of amides is 1. The topological polar surface area (TPSA) is 84.5 Å². The van der Waals surface area contributed by atoms with E-state index >= 15 is 0 Å². The molecular formula is C16H18N2O4S2. The molecule has 0 radical (unpaired) electrons. The minimum Gasteiger partial charge on any atom is -0.381 e. The van der Waals surface area contributed by atoms with Crippen LogP contribution in [0.5, 0.6) is 0 Å². The van der Waals surface area contributed by atoms with Crippen LogP contribution in [-0.2, 0) is 19.6 Å². The highest BCUT2D eigenvalue weighted by Gasteiger charge is 2.23. The lowest BCUT2D eigenvalue weighted by Gasteiger charge is -2.22. The minimum atomic E-state index is -3.66. The zero-order valence-electron chi connectivity index (χ0n) is 12.9. The molecule has 1 aliphatic rings. The van der Waals surface area contributed by atoms with E-state index < -0.39 is 10.0 Å². The summed E-state index contributed by atoms with van der Waals surface area (Å²) in [5.41, 5.74) is 0.806. The van der Waals surface area contributed by atoms with Crippen molar-refractivity contribution in [3.8, 4) is 0 Å². The van der Waals surface area contributed by atoms with Gasteiger partial charge in [0.05, 0.1) is 11.4 Å². The number of hydrogen-bond acceptors (Lipinski definition) is 5. The van der Waals surface area contributed by atoms with Gasteiger partial charge in [-0.3, -0.25) is 9.52 Å². The number of carbonyl (C=O) groups excluding carboxylic acids is 1. The zero-order valence-corrected chi connectivity index (χ0v) is 14.5. The SMILES string of the molecule is O=C(Nc1ccccc1NS(=O)(=O)c1cccs1)C1CCOCC1. The number of sulfonamides is 1. The van der Waals surface area contributed by atoms with Crippen LogP contribution in [0.4, 0.5) is 11.4 Å². The zero-order chi connectivity index (χ0) is 17.0. The average molecular weight is 366 g/mol. The van der Waals surface area contributed by atoms with Gasteiger partial charge in [0.1, 0.15) is 4.21 Å². The molecule has 0 atom stereocenters. The molecule has 2 aromatic rings. The Morgan fingerprint density at radius 1 is 1.08 bits per heavy atom. The summed E-state index contributed by atoms with van der Waals surface area (Å²) in [5, 5.41) is 4.53. The van der Waals surface area contributed by atoms with Gasteiger partial charge in [-0.15, -0.1) is 11.3 Å². The number of nitrogens with one attached hydrogen (secondary N) is 2. The highest BCUT2D eigenvalue weighted by molar-refractivity contribution is 7.94. The number of benzene rings is 1. The summed E-state index contributed by atoms with van der Waals surface area (Å²) in [5.74, 6) is -0.221. The van der Waals surface area contributed by atoms with Crippen molar-refractivity contribution in [3.63, 3.8) is 0 Å². The highest BCUT2D eigenvalue weighted by Crippen LogP contribution is 2.27. The molecule has 0 bridgehead atoms. The maximum Gasteiger partial charge on any atom is 0.271 e. The van der Waals surface area contributed by atoms with E-state index in [1.54, 1.807) is 35.7 Å². The van der Waals surface area contributed by atoms with E-state index in [9.17, 15) is 13.2 Å². The summed E-state index contributed by atoms with van der Waals surface area (Å²) in [6.07, 6.45) is 1.35. The van der Waals surface area contributed by atoms with Gasteiger partial charge in [-0.05, 0) is 36.4 Å². The first-order valence-electron chi connectivity index (χ1n) is 7.60. The van der Waals surface area contributed by atoms with Gasteiger partial charge in [-0.1, -0.05) is 18.2 Å². The molecule has 24 heavy (non-hydrogen) atoms. The summed E-state index contributed by atoms with van der Waals surface area (Å²) >= 11 is 1.14. The van der Waals surface area contributed by atoms with E-state index in [-0.39, 0.29) is 16.0 Å². The predicted molar refractivity (Wildman–Crippen MR) is 93.7 cm³/mol. The van der Waals surface area contributed by atoms with Crippen molar-refractivity contribution >= 4 is 38.6 Å². The van der Waals surface area contributed by atoms with Crippen LogP contribution in [0.2, 0.25) is 0 Å². The van der Waals surface area contributed by atoms with Gasteiger partial charge in [0, 0.05) is 19.1 Å². The molecule has 1 saturated heterocycles. The van der Waals surface area contributed by atoms with E-state index in [1.807, 2.05) is 0 Å². The number of ether oxygens (including phenoxy) is 1. The Kier molecular flexibility index (Phi) is 5.17. The Morgan fingerprint density at radius 3 is 2.46 bits per heavy atom. The monoisotopic (exact) mass is 366 g/mol. The molecule has 1 fully saturated rings. The lowest BCUT2D eigenvalue weighted by atomic mass is 9.99. The molecule has 1 aromatic heterocycles. The van der Waals surface area contributed by atoms with Crippen LogP contribution in [0.1, 0.15) is 12.8 Å². The number of carbonyl (C=O) groups is 1. The van der Waals surface area contributed by atoms with Crippen LogP contribution in [0.15, 0.2) is 46.0 Å². The number of anilines is 2. The quantitative estimate of drug-likeness (QED) is 0.852. The van der Waals surface area contributed by atoms with Crippen molar-refractivity contribution in [2.24, 2.45) is 5.92 Å². The first-order valence-corrected chi connectivity index (χ1v) is 9.96. The summed E-state index contributed by atoms with van der Waals surface area (Å²) in [4.78, 5) is 12.4. The van der Waals surface area contributed by atoms with Gasteiger partial charge in [0.25, 0.3) is 10.0 Å². The Hall–Kier alpha value is -1.90. The van der Waals surface area contributed by atoms with Crippen LogP contribution < -0.4 is 10.0 Å². The smallest absolute Gasteiger partial charge is 0.271 e. The Morgan fingerprint density at radius 2 is 1.79 bits per heavy atom.